The van der Waals surface area contributed by atoms with Gasteiger partial charge in [-0.3, -0.25) is 0 Å². The van der Waals surface area contributed by atoms with Gasteiger partial charge < -0.3 is 5.32 Å². The molecule has 0 bridgehead atoms. The molecule has 0 saturated heterocycles. The van der Waals surface area contributed by atoms with E-state index >= 15 is 0 Å². The topological polar surface area (TPSA) is 12.0 Å². The Morgan fingerprint density at radius 3 is 2.16 bits per heavy atom. The quantitative estimate of drug-likeness (QED) is 0.882. The largest absolute Gasteiger partial charge is 0.313 e. The van der Waals surface area contributed by atoms with Gasteiger partial charge in [0, 0.05) is 17.7 Å². The molecule has 19 heavy (non-hydrogen) atoms. The number of halogens is 3. The van der Waals surface area contributed by atoms with Crippen LogP contribution in [0.1, 0.15) is 18.5 Å². The summed E-state index contributed by atoms with van der Waals surface area (Å²) in [6, 6.07) is 7.42. The Labute approximate surface area is 110 Å². The third-order valence-corrected chi connectivity index (χ3v) is 3.14. The number of nitrogens with one attached hydrogen (secondary N) is 1. The second-order valence-electron chi connectivity index (χ2n) is 4.37. The molecule has 4 heteroatoms. The van der Waals surface area contributed by atoms with Crippen molar-refractivity contribution in [3.63, 3.8) is 0 Å². The number of rotatable bonds is 3. The van der Waals surface area contributed by atoms with Gasteiger partial charge >= 0.3 is 0 Å². The first-order chi connectivity index (χ1) is 9.02. The van der Waals surface area contributed by atoms with E-state index in [0.29, 0.717) is 5.56 Å². The van der Waals surface area contributed by atoms with Crippen molar-refractivity contribution < 1.29 is 13.2 Å². The molecule has 0 aliphatic rings. The Morgan fingerprint density at radius 2 is 1.53 bits per heavy atom. The molecule has 0 heterocycles. The van der Waals surface area contributed by atoms with Gasteiger partial charge in [0.15, 0.2) is 0 Å². The molecular formula is C15H14F3N. The first-order valence-electron chi connectivity index (χ1n) is 5.95. The fourth-order valence-corrected chi connectivity index (χ4v) is 2.00. The second-order valence-corrected chi connectivity index (χ2v) is 4.37. The summed E-state index contributed by atoms with van der Waals surface area (Å²) in [4.78, 5) is 0. The maximum atomic E-state index is 13.8. The Balaban J connectivity index is 2.62. The van der Waals surface area contributed by atoms with E-state index in [4.69, 9.17) is 0 Å². The van der Waals surface area contributed by atoms with E-state index in [1.165, 1.54) is 18.2 Å². The highest BCUT2D eigenvalue weighted by atomic mass is 19.1. The molecule has 0 spiro atoms. The van der Waals surface area contributed by atoms with E-state index in [2.05, 4.69) is 5.32 Å². The first kappa shape index (κ1) is 13.6. The summed E-state index contributed by atoms with van der Waals surface area (Å²) in [6.07, 6.45) is 0. The van der Waals surface area contributed by atoms with Crippen LogP contribution in [0.5, 0.6) is 0 Å². The fourth-order valence-electron chi connectivity index (χ4n) is 2.00. The van der Waals surface area contributed by atoms with E-state index in [1.54, 1.807) is 13.1 Å². The van der Waals surface area contributed by atoms with Crippen LogP contribution in [0.15, 0.2) is 36.4 Å². The van der Waals surface area contributed by atoms with Crippen LogP contribution in [-0.4, -0.2) is 7.05 Å². The molecule has 0 saturated carbocycles. The molecule has 0 aromatic heterocycles. The second kappa shape index (κ2) is 5.45. The summed E-state index contributed by atoms with van der Waals surface area (Å²) in [6.45, 7) is 1.89. The average molecular weight is 265 g/mol. The lowest BCUT2D eigenvalue weighted by Gasteiger charge is -2.16. The van der Waals surface area contributed by atoms with Crippen molar-refractivity contribution in [1.29, 1.82) is 0 Å². The molecule has 100 valence electrons. The standard InChI is InChI=1S/C15H14F3N/c1-9(19-2)12-5-3-10(16)7-14(12)13-6-4-11(17)8-15(13)18/h3-9,19H,1-2H3. The van der Waals surface area contributed by atoms with Gasteiger partial charge in [-0.15, -0.1) is 0 Å². The molecule has 0 radical (unpaired) electrons. The van der Waals surface area contributed by atoms with Gasteiger partial charge in [0.2, 0.25) is 0 Å². The number of benzene rings is 2. The van der Waals surface area contributed by atoms with Crippen molar-refractivity contribution in [3.05, 3.63) is 59.4 Å². The van der Waals surface area contributed by atoms with E-state index < -0.39 is 17.5 Å². The first-order valence-corrected chi connectivity index (χ1v) is 5.95. The molecule has 0 amide bonds. The lowest BCUT2D eigenvalue weighted by atomic mass is 9.95. The fraction of sp³-hybridized carbons (Fsp3) is 0.200. The molecular weight excluding hydrogens is 251 g/mol. The lowest BCUT2D eigenvalue weighted by Crippen LogP contribution is -2.13. The normalized spacial score (nSPS) is 12.5. The molecule has 2 aromatic carbocycles. The molecule has 1 nitrogen and oxygen atoms in total. The minimum Gasteiger partial charge on any atom is -0.313 e. The number of hydrogen-bond acceptors (Lipinski definition) is 1. The molecule has 1 atom stereocenters. The maximum Gasteiger partial charge on any atom is 0.133 e. The van der Waals surface area contributed by atoms with Crippen LogP contribution in [0.25, 0.3) is 11.1 Å². The summed E-state index contributed by atoms with van der Waals surface area (Å²) in [7, 11) is 1.76. The van der Waals surface area contributed by atoms with Crippen molar-refractivity contribution in [2.24, 2.45) is 0 Å². The van der Waals surface area contributed by atoms with Gasteiger partial charge in [0.05, 0.1) is 0 Å². The highest BCUT2D eigenvalue weighted by molar-refractivity contribution is 5.68. The zero-order valence-electron chi connectivity index (χ0n) is 10.7. The van der Waals surface area contributed by atoms with Crippen LogP contribution >= 0.6 is 0 Å². The molecule has 0 aliphatic heterocycles. The van der Waals surface area contributed by atoms with E-state index in [-0.39, 0.29) is 11.6 Å². The van der Waals surface area contributed by atoms with Crippen LogP contribution in [0.3, 0.4) is 0 Å². The summed E-state index contributed by atoms with van der Waals surface area (Å²) >= 11 is 0. The molecule has 1 unspecified atom stereocenters. The minimum absolute atomic E-state index is 0.0694. The lowest BCUT2D eigenvalue weighted by molar-refractivity contribution is 0.584. The zero-order valence-corrected chi connectivity index (χ0v) is 10.7. The maximum absolute atomic E-state index is 13.8. The van der Waals surface area contributed by atoms with Gasteiger partial charge in [-0.2, -0.15) is 0 Å². The summed E-state index contributed by atoms with van der Waals surface area (Å²) in [5.74, 6) is -1.80. The van der Waals surface area contributed by atoms with Gasteiger partial charge in [-0.25, -0.2) is 13.2 Å². The van der Waals surface area contributed by atoms with Crippen molar-refractivity contribution in [3.8, 4) is 11.1 Å². The molecule has 2 aromatic rings. The number of hydrogen-bond donors (Lipinski definition) is 1. The molecule has 0 fully saturated rings. The van der Waals surface area contributed by atoms with Gasteiger partial charge in [0.1, 0.15) is 17.5 Å². The molecule has 0 aliphatic carbocycles. The smallest absolute Gasteiger partial charge is 0.133 e. The van der Waals surface area contributed by atoms with Crippen LogP contribution < -0.4 is 5.32 Å². The Kier molecular flexibility index (Phi) is 3.90. The van der Waals surface area contributed by atoms with Gasteiger partial charge in [0.25, 0.3) is 0 Å². The summed E-state index contributed by atoms with van der Waals surface area (Å²) in [5.41, 5.74) is 1.38. The van der Waals surface area contributed by atoms with Gasteiger partial charge in [-0.1, -0.05) is 6.07 Å². The van der Waals surface area contributed by atoms with Crippen LogP contribution in [0.2, 0.25) is 0 Å². The van der Waals surface area contributed by atoms with Gasteiger partial charge in [-0.05, 0) is 49.4 Å². The van der Waals surface area contributed by atoms with Crippen LogP contribution in [0, 0.1) is 17.5 Å². The van der Waals surface area contributed by atoms with E-state index in [1.807, 2.05) is 6.92 Å². The van der Waals surface area contributed by atoms with Crippen molar-refractivity contribution in [2.45, 2.75) is 13.0 Å². The Morgan fingerprint density at radius 1 is 0.895 bits per heavy atom. The van der Waals surface area contributed by atoms with Crippen LogP contribution in [0.4, 0.5) is 13.2 Å². The summed E-state index contributed by atoms with van der Waals surface area (Å²) in [5, 5.41) is 3.02. The third-order valence-electron chi connectivity index (χ3n) is 3.14. The van der Waals surface area contributed by atoms with Crippen molar-refractivity contribution >= 4 is 0 Å². The van der Waals surface area contributed by atoms with Crippen molar-refractivity contribution in [2.75, 3.05) is 7.05 Å². The monoisotopic (exact) mass is 265 g/mol. The Bertz CT molecular complexity index is 596. The SMILES string of the molecule is CNC(C)c1ccc(F)cc1-c1ccc(F)cc1F. The highest BCUT2D eigenvalue weighted by Crippen LogP contribution is 2.31. The summed E-state index contributed by atoms with van der Waals surface area (Å²) < 4.78 is 40.2. The van der Waals surface area contributed by atoms with E-state index in [0.717, 1.165) is 17.7 Å². The molecule has 2 rings (SSSR count). The highest BCUT2D eigenvalue weighted by Gasteiger charge is 2.15. The predicted octanol–water partition coefficient (Wildman–Crippen LogP) is 4.05. The minimum atomic E-state index is -0.699. The van der Waals surface area contributed by atoms with Crippen molar-refractivity contribution in [1.82, 2.24) is 5.32 Å². The van der Waals surface area contributed by atoms with Crippen LogP contribution in [-0.2, 0) is 0 Å². The average Bonchev–Trinajstić information content (AvgIpc) is 2.38. The zero-order chi connectivity index (χ0) is 14.0. The van der Waals surface area contributed by atoms with E-state index in [9.17, 15) is 13.2 Å². The third kappa shape index (κ3) is 2.79. The Hall–Kier alpha value is -1.81. The predicted molar refractivity (Wildman–Crippen MR) is 69.2 cm³/mol. The molecule has 1 N–H and O–H groups in total.